The van der Waals surface area contributed by atoms with Crippen molar-refractivity contribution >= 4 is 21.6 Å². The van der Waals surface area contributed by atoms with Gasteiger partial charge in [0.05, 0.1) is 25.0 Å². The summed E-state index contributed by atoms with van der Waals surface area (Å²) in [7, 11) is -3.56. The van der Waals surface area contributed by atoms with E-state index in [1.165, 1.54) is 16.1 Å². The second-order valence-corrected chi connectivity index (χ2v) is 11.3. The van der Waals surface area contributed by atoms with Crippen LogP contribution in [0.1, 0.15) is 34.8 Å². The molecule has 1 N–H and O–H groups in total. The minimum Gasteiger partial charge on any atom is -0.492 e. The summed E-state index contributed by atoms with van der Waals surface area (Å²) in [6.45, 7) is 3.00. The fourth-order valence-electron chi connectivity index (χ4n) is 4.11. The largest absolute Gasteiger partial charge is 0.492 e. The predicted molar refractivity (Wildman–Crippen MR) is 159 cm³/mol. The van der Waals surface area contributed by atoms with Crippen molar-refractivity contribution in [1.29, 1.82) is 0 Å². The van der Waals surface area contributed by atoms with E-state index in [1.54, 1.807) is 48.5 Å². The molecule has 0 aliphatic carbocycles. The minimum absolute atomic E-state index is 0.129. The van der Waals surface area contributed by atoms with E-state index in [-0.39, 0.29) is 12.5 Å². The molecule has 0 radical (unpaired) electrons. The molecule has 0 aromatic heterocycles. The Labute approximate surface area is 236 Å². The molecule has 40 heavy (non-hydrogen) atoms. The first-order valence-electron chi connectivity index (χ1n) is 13.2. The summed E-state index contributed by atoms with van der Waals surface area (Å²) in [6, 6.07) is 31.2. The molecule has 0 fully saturated rings. The number of hydrogen-bond donors (Lipinski definition) is 1. The van der Waals surface area contributed by atoms with Crippen LogP contribution < -0.4 is 19.1 Å². The lowest BCUT2D eigenvalue weighted by Gasteiger charge is -2.23. The number of para-hydroxylation sites is 1. The van der Waals surface area contributed by atoms with Crippen molar-refractivity contribution in [3.05, 3.63) is 120 Å². The zero-order valence-corrected chi connectivity index (χ0v) is 23.6. The van der Waals surface area contributed by atoms with Gasteiger partial charge in [-0.25, -0.2) is 8.42 Å². The highest BCUT2D eigenvalue weighted by Gasteiger charge is 2.18. The van der Waals surface area contributed by atoms with Crippen LogP contribution in [-0.4, -0.2) is 33.7 Å². The Bertz CT molecular complexity index is 1470. The van der Waals surface area contributed by atoms with E-state index in [0.717, 1.165) is 24.2 Å². The third kappa shape index (κ3) is 8.35. The zero-order chi connectivity index (χ0) is 28.4. The van der Waals surface area contributed by atoms with Crippen LogP contribution in [-0.2, 0) is 23.0 Å². The van der Waals surface area contributed by atoms with E-state index in [2.05, 4.69) is 24.4 Å². The van der Waals surface area contributed by atoms with Gasteiger partial charge in [0, 0.05) is 5.56 Å². The molecular weight excluding hydrogens is 524 g/mol. The molecule has 4 rings (SSSR count). The molecule has 0 bridgehead atoms. The molecule has 0 atom stereocenters. The van der Waals surface area contributed by atoms with Crippen molar-refractivity contribution in [2.75, 3.05) is 23.7 Å². The summed E-state index contributed by atoms with van der Waals surface area (Å²) in [6.07, 6.45) is 3.31. The quantitative estimate of drug-likeness (QED) is 0.197. The summed E-state index contributed by atoms with van der Waals surface area (Å²) < 4.78 is 38.0. The van der Waals surface area contributed by atoms with Crippen molar-refractivity contribution in [3.63, 3.8) is 0 Å². The second kappa shape index (κ2) is 13.7. The van der Waals surface area contributed by atoms with Crippen LogP contribution >= 0.6 is 0 Å². The van der Waals surface area contributed by atoms with Gasteiger partial charge in [-0.3, -0.25) is 9.10 Å². The molecule has 0 aliphatic rings. The van der Waals surface area contributed by atoms with E-state index in [0.29, 0.717) is 35.9 Å². The summed E-state index contributed by atoms with van der Waals surface area (Å²) >= 11 is 0. The average molecular weight is 559 g/mol. The van der Waals surface area contributed by atoms with Gasteiger partial charge in [0.25, 0.3) is 5.91 Å². The van der Waals surface area contributed by atoms with Crippen molar-refractivity contribution in [2.24, 2.45) is 0 Å². The molecule has 0 aliphatic heterocycles. The van der Waals surface area contributed by atoms with Crippen molar-refractivity contribution in [3.8, 4) is 17.2 Å². The molecule has 0 spiro atoms. The summed E-state index contributed by atoms with van der Waals surface area (Å²) in [5.74, 6) is 1.85. The monoisotopic (exact) mass is 558 g/mol. The molecule has 1 amide bonds. The third-order valence-electron chi connectivity index (χ3n) is 6.16. The molecule has 0 unspecified atom stereocenters. The van der Waals surface area contributed by atoms with Gasteiger partial charge < -0.3 is 14.8 Å². The van der Waals surface area contributed by atoms with Crippen LogP contribution in [0.4, 0.5) is 5.69 Å². The number of sulfonamides is 1. The van der Waals surface area contributed by atoms with E-state index >= 15 is 0 Å². The maximum Gasteiger partial charge on any atom is 0.251 e. The molecule has 4 aromatic carbocycles. The van der Waals surface area contributed by atoms with Gasteiger partial charge in [0.15, 0.2) is 0 Å². The van der Waals surface area contributed by atoms with Gasteiger partial charge in [-0.05, 0) is 78.2 Å². The Morgan fingerprint density at radius 1 is 0.775 bits per heavy atom. The Morgan fingerprint density at radius 3 is 2.00 bits per heavy atom. The molecular formula is C32H34N2O5S. The first-order valence-corrected chi connectivity index (χ1v) is 15.1. The molecule has 7 nitrogen and oxygen atoms in total. The number of carbonyl (C=O) groups is 1. The first-order chi connectivity index (χ1) is 19.3. The Hall–Kier alpha value is -4.30. The first kappa shape index (κ1) is 28.7. The highest BCUT2D eigenvalue weighted by Crippen LogP contribution is 2.26. The fraction of sp³-hybridized carbons (Fsp3) is 0.219. The number of nitrogens with one attached hydrogen (secondary N) is 1. The van der Waals surface area contributed by atoms with Gasteiger partial charge in [0.2, 0.25) is 10.0 Å². The van der Waals surface area contributed by atoms with E-state index in [1.807, 2.05) is 42.5 Å². The summed E-state index contributed by atoms with van der Waals surface area (Å²) in [4.78, 5) is 12.6. The van der Waals surface area contributed by atoms with Crippen LogP contribution in [0.15, 0.2) is 103 Å². The second-order valence-electron chi connectivity index (χ2n) is 9.37. The van der Waals surface area contributed by atoms with Crippen LogP contribution in [0.25, 0.3) is 0 Å². The summed E-state index contributed by atoms with van der Waals surface area (Å²) in [5.41, 5.74) is 3.03. The number of carbonyl (C=O) groups excluding carboxylic acids is 1. The standard InChI is InChI=1S/C32H34N2O5S/c1-3-7-25-12-18-29(19-13-25)38-23-22-33-32(35)27-14-10-26(11-15-27)24-34(40(2,36)37)28-16-20-31(21-17-28)39-30-8-5-4-6-9-30/h4-6,8-21H,3,7,22-24H2,1-2H3,(H,33,35). The van der Waals surface area contributed by atoms with Crippen molar-refractivity contribution < 1.29 is 22.7 Å². The molecule has 0 heterocycles. The number of anilines is 1. The van der Waals surface area contributed by atoms with Gasteiger partial charge in [0.1, 0.15) is 23.9 Å². The normalized spacial score (nSPS) is 11.1. The highest BCUT2D eigenvalue weighted by molar-refractivity contribution is 7.92. The summed E-state index contributed by atoms with van der Waals surface area (Å²) in [5, 5.41) is 2.85. The zero-order valence-electron chi connectivity index (χ0n) is 22.7. The van der Waals surface area contributed by atoms with Crippen LogP contribution in [0.2, 0.25) is 0 Å². The number of rotatable bonds is 13. The lowest BCUT2D eigenvalue weighted by atomic mass is 10.1. The maximum atomic E-state index is 12.6. The van der Waals surface area contributed by atoms with Crippen molar-refractivity contribution in [2.45, 2.75) is 26.3 Å². The number of benzene rings is 4. The molecule has 4 aromatic rings. The topological polar surface area (TPSA) is 84.9 Å². The molecule has 208 valence electrons. The third-order valence-corrected chi connectivity index (χ3v) is 7.31. The Kier molecular flexibility index (Phi) is 9.81. The van der Waals surface area contributed by atoms with Gasteiger partial charge in [-0.1, -0.05) is 55.8 Å². The van der Waals surface area contributed by atoms with Gasteiger partial charge in [-0.2, -0.15) is 0 Å². The van der Waals surface area contributed by atoms with Crippen LogP contribution in [0, 0.1) is 0 Å². The Balaban J connectivity index is 1.31. The van der Waals surface area contributed by atoms with Crippen LogP contribution in [0.5, 0.6) is 17.2 Å². The maximum absolute atomic E-state index is 12.6. The van der Waals surface area contributed by atoms with Gasteiger partial charge in [-0.15, -0.1) is 0 Å². The molecule has 8 heteroatoms. The smallest absolute Gasteiger partial charge is 0.251 e. The lowest BCUT2D eigenvalue weighted by Crippen LogP contribution is -2.29. The van der Waals surface area contributed by atoms with Gasteiger partial charge >= 0.3 is 0 Å². The number of aryl methyl sites for hydroxylation is 1. The number of hydrogen-bond acceptors (Lipinski definition) is 5. The number of nitrogens with zero attached hydrogens (tertiary/aromatic N) is 1. The van der Waals surface area contributed by atoms with E-state index < -0.39 is 10.0 Å². The lowest BCUT2D eigenvalue weighted by molar-refractivity contribution is 0.0947. The molecule has 0 saturated carbocycles. The minimum atomic E-state index is -3.56. The van der Waals surface area contributed by atoms with Crippen LogP contribution in [0.3, 0.4) is 0 Å². The average Bonchev–Trinajstić information content (AvgIpc) is 2.96. The predicted octanol–water partition coefficient (Wildman–Crippen LogP) is 6.21. The van der Waals surface area contributed by atoms with E-state index in [4.69, 9.17) is 9.47 Å². The fourth-order valence-corrected chi connectivity index (χ4v) is 5.00. The van der Waals surface area contributed by atoms with E-state index in [9.17, 15) is 13.2 Å². The number of ether oxygens (including phenoxy) is 2. The van der Waals surface area contributed by atoms with Crippen molar-refractivity contribution in [1.82, 2.24) is 5.32 Å². The SMILES string of the molecule is CCCc1ccc(OCCNC(=O)c2ccc(CN(c3ccc(Oc4ccccc4)cc3)S(C)(=O)=O)cc2)cc1. The molecule has 0 saturated heterocycles. The highest BCUT2D eigenvalue weighted by atomic mass is 32.2. The Morgan fingerprint density at radius 2 is 1.38 bits per heavy atom. The number of amides is 1.